The molecule has 4 N–H and O–H groups in total. The van der Waals surface area contributed by atoms with Gasteiger partial charge in [0.2, 0.25) is 0 Å². The quantitative estimate of drug-likeness (QED) is 0.583. The van der Waals surface area contributed by atoms with Crippen molar-refractivity contribution in [2.24, 2.45) is 0 Å². The lowest BCUT2D eigenvalue weighted by Crippen LogP contribution is -2.20. The van der Waals surface area contributed by atoms with Crippen LogP contribution in [0.5, 0.6) is 17.2 Å². The predicted molar refractivity (Wildman–Crippen MR) is 86.6 cm³/mol. The minimum atomic E-state index is -0.752. The second-order valence-corrected chi connectivity index (χ2v) is 5.22. The van der Waals surface area contributed by atoms with Crippen LogP contribution in [0.15, 0.2) is 30.3 Å². The first-order valence-corrected chi connectivity index (χ1v) is 6.80. The standard InChI is InChI=1S/C16H16FNO3.BrH/c17-15-11-5-6-18-8-13(9-1-3-10(19)4-2-9)12(11)7-14(20)16(15)21;/h1-4,7,13,18-21H,5-6,8H2;1H. The Hall–Kier alpha value is -1.79. The van der Waals surface area contributed by atoms with Gasteiger partial charge in [0.15, 0.2) is 17.3 Å². The van der Waals surface area contributed by atoms with Gasteiger partial charge in [0.25, 0.3) is 0 Å². The fraction of sp³-hybridized carbons (Fsp3) is 0.250. The largest absolute Gasteiger partial charge is 0.508 e. The molecule has 0 spiro atoms. The normalized spacial score (nSPS) is 17.2. The Morgan fingerprint density at radius 3 is 2.45 bits per heavy atom. The van der Waals surface area contributed by atoms with E-state index >= 15 is 0 Å². The summed E-state index contributed by atoms with van der Waals surface area (Å²) in [4.78, 5) is 0. The number of benzene rings is 2. The Morgan fingerprint density at radius 2 is 1.77 bits per heavy atom. The van der Waals surface area contributed by atoms with Gasteiger partial charge in [0.05, 0.1) is 0 Å². The smallest absolute Gasteiger partial charge is 0.194 e. The summed E-state index contributed by atoms with van der Waals surface area (Å²) >= 11 is 0. The summed E-state index contributed by atoms with van der Waals surface area (Å²) in [6.07, 6.45) is 0.448. The van der Waals surface area contributed by atoms with Gasteiger partial charge in [0.1, 0.15) is 5.75 Å². The van der Waals surface area contributed by atoms with E-state index in [-0.39, 0.29) is 28.6 Å². The van der Waals surface area contributed by atoms with E-state index in [4.69, 9.17) is 0 Å². The molecule has 0 saturated heterocycles. The Kier molecular flexibility index (Phi) is 4.93. The molecule has 0 amide bonds. The van der Waals surface area contributed by atoms with Gasteiger partial charge in [-0.3, -0.25) is 0 Å². The zero-order valence-electron chi connectivity index (χ0n) is 11.7. The van der Waals surface area contributed by atoms with Crippen molar-refractivity contribution in [3.05, 3.63) is 52.8 Å². The Bertz CT molecular complexity index is 676. The molecule has 3 rings (SSSR count). The number of fused-ring (bicyclic) bond motifs is 1. The number of aromatic hydroxyl groups is 3. The maximum Gasteiger partial charge on any atom is 0.194 e. The topological polar surface area (TPSA) is 72.7 Å². The number of halogens is 2. The molecule has 2 aromatic carbocycles. The second-order valence-electron chi connectivity index (χ2n) is 5.22. The van der Waals surface area contributed by atoms with Crippen molar-refractivity contribution >= 4 is 17.0 Å². The summed E-state index contributed by atoms with van der Waals surface area (Å²) in [7, 11) is 0. The first-order valence-electron chi connectivity index (χ1n) is 6.80. The first kappa shape index (κ1) is 16.6. The summed E-state index contributed by atoms with van der Waals surface area (Å²) in [6.45, 7) is 1.20. The van der Waals surface area contributed by atoms with Gasteiger partial charge in [-0.25, -0.2) is 4.39 Å². The van der Waals surface area contributed by atoms with Crippen LogP contribution in [0.3, 0.4) is 0 Å². The molecule has 1 heterocycles. The SMILES string of the molecule is Br.Oc1ccc(C2CNCCc3c2cc(O)c(O)c3F)cc1. The van der Waals surface area contributed by atoms with Crippen molar-refractivity contribution in [1.82, 2.24) is 5.32 Å². The Labute approximate surface area is 138 Å². The number of phenols is 3. The first-order chi connectivity index (χ1) is 10.1. The van der Waals surface area contributed by atoms with Crippen LogP contribution in [-0.2, 0) is 6.42 Å². The number of hydrogen-bond donors (Lipinski definition) is 4. The van der Waals surface area contributed by atoms with E-state index in [2.05, 4.69) is 5.32 Å². The van der Waals surface area contributed by atoms with Gasteiger partial charge in [-0.1, -0.05) is 12.1 Å². The summed E-state index contributed by atoms with van der Waals surface area (Å²) in [5.41, 5.74) is 2.00. The molecule has 1 aliphatic rings. The minimum Gasteiger partial charge on any atom is -0.508 e. The van der Waals surface area contributed by atoms with Crippen molar-refractivity contribution in [2.75, 3.05) is 13.1 Å². The van der Waals surface area contributed by atoms with Crippen molar-refractivity contribution in [1.29, 1.82) is 0 Å². The van der Waals surface area contributed by atoms with Gasteiger partial charge >= 0.3 is 0 Å². The third kappa shape index (κ3) is 2.89. The highest BCUT2D eigenvalue weighted by Gasteiger charge is 2.26. The lowest BCUT2D eigenvalue weighted by atomic mass is 9.87. The van der Waals surface area contributed by atoms with Gasteiger partial charge in [-0.15, -0.1) is 17.0 Å². The van der Waals surface area contributed by atoms with Gasteiger partial charge in [-0.2, -0.15) is 0 Å². The number of hydrogen-bond acceptors (Lipinski definition) is 4. The van der Waals surface area contributed by atoms with E-state index in [1.54, 1.807) is 24.3 Å². The van der Waals surface area contributed by atoms with Crippen LogP contribution < -0.4 is 5.32 Å². The number of nitrogens with one attached hydrogen (secondary N) is 1. The highest BCUT2D eigenvalue weighted by atomic mass is 79.9. The van der Waals surface area contributed by atoms with Crippen molar-refractivity contribution in [2.45, 2.75) is 12.3 Å². The lowest BCUT2D eigenvalue weighted by Gasteiger charge is -2.19. The van der Waals surface area contributed by atoms with Crippen molar-refractivity contribution in [3.63, 3.8) is 0 Å². The maximum atomic E-state index is 14.2. The number of rotatable bonds is 1. The summed E-state index contributed by atoms with van der Waals surface area (Å²) in [6, 6.07) is 8.14. The van der Waals surface area contributed by atoms with Crippen molar-refractivity contribution in [3.8, 4) is 17.2 Å². The average molecular weight is 370 g/mol. The molecule has 2 aromatic rings. The van der Waals surface area contributed by atoms with Crippen LogP contribution in [0, 0.1) is 5.82 Å². The van der Waals surface area contributed by atoms with E-state index in [1.165, 1.54) is 6.07 Å². The predicted octanol–water partition coefficient (Wildman–Crippen LogP) is 2.80. The summed E-state index contributed by atoms with van der Waals surface area (Å²) < 4.78 is 14.2. The van der Waals surface area contributed by atoms with Crippen molar-refractivity contribution < 1.29 is 19.7 Å². The Balaban J connectivity index is 0.00000176. The maximum absolute atomic E-state index is 14.2. The second kappa shape index (κ2) is 6.54. The van der Waals surface area contributed by atoms with Crippen LogP contribution in [0.2, 0.25) is 0 Å². The fourth-order valence-electron chi connectivity index (χ4n) is 2.82. The molecule has 1 unspecified atom stereocenters. The Morgan fingerprint density at radius 1 is 1.09 bits per heavy atom. The molecule has 0 aromatic heterocycles. The zero-order valence-corrected chi connectivity index (χ0v) is 13.4. The molecule has 1 atom stereocenters. The van der Waals surface area contributed by atoms with Crippen LogP contribution in [-0.4, -0.2) is 28.4 Å². The molecular formula is C16H17BrFNO3. The summed E-state index contributed by atoms with van der Waals surface area (Å²) in [5, 5.41) is 31.9. The average Bonchev–Trinajstić information content (AvgIpc) is 2.68. The highest BCUT2D eigenvalue weighted by Crippen LogP contribution is 2.39. The van der Waals surface area contributed by atoms with E-state index < -0.39 is 17.3 Å². The minimum absolute atomic E-state index is 0. The van der Waals surface area contributed by atoms with Crippen LogP contribution >= 0.6 is 17.0 Å². The molecule has 0 saturated carbocycles. The molecule has 0 radical (unpaired) electrons. The molecule has 1 aliphatic heterocycles. The monoisotopic (exact) mass is 369 g/mol. The molecule has 6 heteroatoms. The van der Waals surface area contributed by atoms with Gasteiger partial charge in [0, 0.05) is 12.5 Å². The molecule has 22 heavy (non-hydrogen) atoms. The molecule has 0 aliphatic carbocycles. The fourth-order valence-corrected chi connectivity index (χ4v) is 2.82. The molecular weight excluding hydrogens is 353 g/mol. The van der Waals surface area contributed by atoms with Gasteiger partial charge in [-0.05, 0) is 47.9 Å². The van der Waals surface area contributed by atoms with Gasteiger partial charge < -0.3 is 20.6 Å². The summed E-state index contributed by atoms with van der Waals surface area (Å²) in [5.74, 6) is -1.88. The third-order valence-corrected chi connectivity index (χ3v) is 3.93. The van der Waals surface area contributed by atoms with E-state index in [0.29, 0.717) is 30.6 Å². The van der Waals surface area contributed by atoms with E-state index in [1.807, 2.05) is 0 Å². The van der Waals surface area contributed by atoms with Crippen LogP contribution in [0.25, 0.3) is 0 Å². The molecule has 0 fully saturated rings. The highest BCUT2D eigenvalue weighted by molar-refractivity contribution is 8.93. The number of phenolic OH excluding ortho intramolecular Hbond substituents is 3. The third-order valence-electron chi connectivity index (χ3n) is 3.93. The van der Waals surface area contributed by atoms with E-state index in [9.17, 15) is 19.7 Å². The molecule has 118 valence electrons. The zero-order chi connectivity index (χ0) is 15.0. The molecule has 0 bridgehead atoms. The van der Waals surface area contributed by atoms with Crippen LogP contribution in [0.1, 0.15) is 22.6 Å². The van der Waals surface area contributed by atoms with E-state index in [0.717, 1.165) is 5.56 Å². The van der Waals surface area contributed by atoms with Crippen LogP contribution in [0.4, 0.5) is 4.39 Å². The molecule has 4 nitrogen and oxygen atoms in total. The lowest BCUT2D eigenvalue weighted by molar-refractivity contribution is 0.375.